The van der Waals surface area contributed by atoms with E-state index >= 15 is 0 Å². The first-order chi connectivity index (χ1) is 17.5. The normalized spacial score (nSPS) is 16.5. The number of amidine groups is 1. The quantitative estimate of drug-likeness (QED) is 0.233. The van der Waals surface area contributed by atoms with Crippen LogP contribution >= 0.6 is 0 Å². The zero-order chi connectivity index (χ0) is 27.6. The average molecular weight is 519 g/mol. The van der Waals surface area contributed by atoms with Gasteiger partial charge >= 0.3 is 6.36 Å². The number of likely N-dealkylation sites (N-methyl/N-ethyl adjacent to an activating group) is 1. The van der Waals surface area contributed by atoms with Crippen LogP contribution in [0.2, 0.25) is 0 Å². The van der Waals surface area contributed by atoms with E-state index in [9.17, 15) is 18.0 Å². The molecule has 9 heteroatoms. The lowest BCUT2D eigenvalue weighted by Crippen LogP contribution is -2.47. The maximum Gasteiger partial charge on any atom is 0.573 e. The molecule has 0 aliphatic carbocycles. The minimum absolute atomic E-state index is 0.0292. The highest BCUT2D eigenvalue weighted by atomic mass is 19.4. The Kier molecular flexibility index (Phi) is 11.0. The first-order valence-electron chi connectivity index (χ1n) is 12.4. The van der Waals surface area contributed by atoms with Crippen molar-refractivity contribution >= 4 is 17.3 Å². The van der Waals surface area contributed by atoms with Crippen molar-refractivity contribution in [2.75, 3.05) is 33.2 Å². The van der Waals surface area contributed by atoms with Crippen LogP contribution in [0.4, 0.5) is 13.2 Å². The Morgan fingerprint density at radius 2 is 1.68 bits per heavy atom. The molecule has 6 nitrogen and oxygen atoms in total. The van der Waals surface area contributed by atoms with Crippen molar-refractivity contribution in [3.8, 4) is 5.75 Å². The fraction of sp³-hybridized carbons (Fsp3) is 0.429. The number of ether oxygens (including phenoxy) is 1. The average Bonchev–Trinajstić information content (AvgIpc) is 2.87. The zero-order valence-corrected chi connectivity index (χ0v) is 22.5. The number of carbonyl (C=O) groups excluding carboxylic acids is 1. The Hall–Kier alpha value is -3.49. The molecule has 1 fully saturated rings. The van der Waals surface area contributed by atoms with Crippen molar-refractivity contribution in [1.82, 2.24) is 14.7 Å². The summed E-state index contributed by atoms with van der Waals surface area (Å²) in [5.74, 6) is 1.27. The van der Waals surface area contributed by atoms with Crippen molar-refractivity contribution < 1.29 is 22.7 Å². The van der Waals surface area contributed by atoms with Gasteiger partial charge in [-0.1, -0.05) is 31.2 Å². The summed E-state index contributed by atoms with van der Waals surface area (Å²) in [6, 6.07) is 5.82. The molecule has 0 spiro atoms. The van der Waals surface area contributed by atoms with Crippen LogP contribution in [0.3, 0.4) is 0 Å². The van der Waals surface area contributed by atoms with E-state index in [0.29, 0.717) is 32.0 Å². The van der Waals surface area contributed by atoms with E-state index in [0.717, 1.165) is 29.0 Å². The van der Waals surface area contributed by atoms with E-state index in [-0.39, 0.29) is 11.7 Å². The summed E-state index contributed by atoms with van der Waals surface area (Å²) < 4.78 is 41.6. The Morgan fingerprint density at radius 1 is 1.08 bits per heavy atom. The van der Waals surface area contributed by atoms with Gasteiger partial charge in [-0.05, 0) is 75.1 Å². The van der Waals surface area contributed by atoms with Crippen LogP contribution in [0.5, 0.6) is 5.75 Å². The first kappa shape index (κ1) is 29.7. The molecular weight excluding hydrogens is 481 g/mol. The lowest BCUT2D eigenvalue weighted by Gasteiger charge is -2.36. The van der Waals surface area contributed by atoms with Gasteiger partial charge in [0.1, 0.15) is 17.4 Å². The van der Waals surface area contributed by atoms with E-state index in [1.165, 1.54) is 12.1 Å². The maximum atomic E-state index is 12.5. The maximum absolute atomic E-state index is 12.5. The number of amides is 1. The predicted octanol–water partition coefficient (Wildman–Crippen LogP) is 6.21. The molecule has 1 amide bonds. The van der Waals surface area contributed by atoms with Gasteiger partial charge in [0.25, 0.3) is 0 Å². The molecule has 1 saturated heterocycles. The number of aliphatic imine (C=N–C) groups is 1. The highest BCUT2D eigenvalue weighted by molar-refractivity contribution is 6.05. The van der Waals surface area contributed by atoms with Crippen molar-refractivity contribution in [1.29, 1.82) is 0 Å². The minimum Gasteiger partial charge on any atom is -0.406 e. The summed E-state index contributed by atoms with van der Waals surface area (Å²) in [6.07, 6.45) is 5.35. The Morgan fingerprint density at radius 3 is 2.19 bits per heavy atom. The molecule has 1 aromatic carbocycles. The third kappa shape index (κ3) is 8.84. The second kappa shape index (κ2) is 13.7. The van der Waals surface area contributed by atoms with E-state index in [1.807, 2.05) is 75.9 Å². The van der Waals surface area contributed by atoms with E-state index in [1.54, 1.807) is 18.2 Å². The van der Waals surface area contributed by atoms with Gasteiger partial charge in [-0.3, -0.25) is 4.79 Å². The van der Waals surface area contributed by atoms with Gasteiger partial charge in [0, 0.05) is 39.4 Å². The molecule has 1 aliphatic rings. The number of benzene rings is 1. The lowest BCUT2D eigenvalue weighted by molar-refractivity contribution is -0.274. The highest BCUT2D eigenvalue weighted by Gasteiger charge is 2.31. The first-order valence-corrected chi connectivity index (χ1v) is 12.4. The summed E-state index contributed by atoms with van der Waals surface area (Å²) >= 11 is 0. The van der Waals surface area contributed by atoms with Crippen LogP contribution in [-0.4, -0.2) is 66.0 Å². The van der Waals surface area contributed by atoms with Gasteiger partial charge in [-0.2, -0.15) is 0 Å². The smallest absolute Gasteiger partial charge is 0.406 e. The molecule has 37 heavy (non-hydrogen) atoms. The molecule has 1 aliphatic heterocycles. The van der Waals surface area contributed by atoms with Gasteiger partial charge in [-0.25, -0.2) is 4.99 Å². The fourth-order valence-electron chi connectivity index (χ4n) is 3.92. The largest absolute Gasteiger partial charge is 0.573 e. The number of hydrogen-bond acceptors (Lipinski definition) is 4. The van der Waals surface area contributed by atoms with Crippen LogP contribution in [0, 0.1) is 0 Å². The molecule has 0 N–H and O–H groups in total. The topological polar surface area (TPSA) is 48.4 Å². The Bertz CT molecular complexity index is 1060. The number of piperazine rings is 1. The minimum atomic E-state index is -4.73. The molecule has 202 valence electrons. The Labute approximate surface area is 218 Å². The summed E-state index contributed by atoms with van der Waals surface area (Å²) in [5, 5.41) is 0. The van der Waals surface area contributed by atoms with Crippen LogP contribution < -0.4 is 4.74 Å². The van der Waals surface area contributed by atoms with Crippen LogP contribution in [0.15, 0.2) is 71.2 Å². The van der Waals surface area contributed by atoms with Crippen LogP contribution in [-0.2, 0) is 4.79 Å². The molecule has 0 radical (unpaired) electrons. The SMILES string of the molecule is C/C=C/N(C)C(=N/C(=C/C)N1CCN(C(=O)/C=C/CC)CC1)/C(C)=C(\C)c1ccc(OC(F)(F)F)cc1. The number of carbonyl (C=O) groups is 1. The molecule has 0 saturated carbocycles. The van der Waals surface area contributed by atoms with Gasteiger partial charge in [0.15, 0.2) is 0 Å². The van der Waals surface area contributed by atoms with E-state index in [2.05, 4.69) is 9.64 Å². The number of hydrogen-bond donors (Lipinski definition) is 0. The van der Waals surface area contributed by atoms with Gasteiger partial charge in [-0.15, -0.1) is 13.2 Å². The fourth-order valence-corrected chi connectivity index (χ4v) is 3.92. The number of rotatable bonds is 8. The van der Waals surface area contributed by atoms with Crippen LogP contribution in [0.25, 0.3) is 5.57 Å². The molecule has 0 unspecified atom stereocenters. The standard InChI is InChI=1S/C28H37F3N4O2/c1-7-10-11-26(36)35-19-17-34(18-20-35)25(9-3)32-27(33(6)16-8-2)22(5)21(4)23-12-14-24(15-13-23)37-28(29,30)31/h8-16H,7,17-20H2,1-6H3/b11-10+,16-8+,22-21+,25-9-,32-27+. The third-order valence-electron chi connectivity index (χ3n) is 6.02. The third-order valence-corrected chi connectivity index (χ3v) is 6.02. The predicted molar refractivity (Wildman–Crippen MR) is 143 cm³/mol. The summed E-state index contributed by atoms with van der Waals surface area (Å²) in [4.78, 5) is 23.2. The van der Waals surface area contributed by atoms with E-state index < -0.39 is 6.36 Å². The summed E-state index contributed by atoms with van der Waals surface area (Å²) in [7, 11) is 1.90. The van der Waals surface area contributed by atoms with Gasteiger partial charge < -0.3 is 19.4 Å². The Balaban J connectivity index is 2.32. The number of halogens is 3. The van der Waals surface area contributed by atoms with Crippen molar-refractivity contribution in [2.45, 2.75) is 47.4 Å². The molecular formula is C28H37F3N4O2. The highest BCUT2D eigenvalue weighted by Crippen LogP contribution is 2.27. The van der Waals surface area contributed by atoms with Crippen molar-refractivity contribution in [3.63, 3.8) is 0 Å². The zero-order valence-electron chi connectivity index (χ0n) is 22.5. The number of alkyl halides is 3. The van der Waals surface area contributed by atoms with Crippen molar-refractivity contribution in [2.24, 2.45) is 4.99 Å². The van der Waals surface area contributed by atoms with Gasteiger partial charge in [0.05, 0.1) is 0 Å². The number of nitrogens with zero attached hydrogens (tertiary/aromatic N) is 4. The van der Waals surface area contributed by atoms with Gasteiger partial charge in [0.2, 0.25) is 5.91 Å². The molecule has 0 atom stereocenters. The second-order valence-corrected chi connectivity index (χ2v) is 8.62. The lowest BCUT2D eigenvalue weighted by atomic mass is 10.0. The summed E-state index contributed by atoms with van der Waals surface area (Å²) in [5.41, 5.74) is 2.52. The molecule has 0 bridgehead atoms. The molecule has 1 heterocycles. The monoisotopic (exact) mass is 518 g/mol. The summed E-state index contributed by atoms with van der Waals surface area (Å²) in [6.45, 7) is 12.2. The second-order valence-electron chi connectivity index (χ2n) is 8.62. The molecule has 0 aromatic heterocycles. The molecule has 1 aromatic rings. The van der Waals surface area contributed by atoms with E-state index in [4.69, 9.17) is 4.99 Å². The molecule has 2 rings (SSSR count). The van der Waals surface area contributed by atoms with Crippen molar-refractivity contribution in [3.05, 3.63) is 71.7 Å². The van der Waals surface area contributed by atoms with Crippen LogP contribution in [0.1, 0.15) is 46.6 Å². The number of allylic oxidation sites excluding steroid dienone is 4.